The number of nitrogens with zero attached hydrogens (tertiary/aromatic N) is 1. The molecule has 0 spiro atoms. The first-order chi connectivity index (χ1) is 7.86. The van der Waals surface area contributed by atoms with Crippen LogP contribution in [-0.2, 0) is 0 Å². The van der Waals surface area contributed by atoms with Crippen LogP contribution in [0.2, 0.25) is 0 Å². The summed E-state index contributed by atoms with van der Waals surface area (Å²) in [7, 11) is 0. The number of nitrogens with one attached hydrogen (secondary N) is 1. The van der Waals surface area contributed by atoms with Gasteiger partial charge in [-0.25, -0.2) is 0 Å². The summed E-state index contributed by atoms with van der Waals surface area (Å²) in [6.45, 7) is 0. The van der Waals surface area contributed by atoms with Crippen LogP contribution in [0.1, 0.15) is 5.56 Å². The van der Waals surface area contributed by atoms with Crippen molar-refractivity contribution in [3.8, 4) is 0 Å². The Balaban J connectivity index is 2.03. The highest BCUT2D eigenvalue weighted by Crippen LogP contribution is 2.16. The van der Waals surface area contributed by atoms with Gasteiger partial charge in [0.2, 0.25) is 0 Å². The van der Waals surface area contributed by atoms with E-state index in [4.69, 9.17) is 5.73 Å². The number of rotatable bonds is 3. The summed E-state index contributed by atoms with van der Waals surface area (Å²) in [4.78, 5) is 0. The Morgan fingerprint density at radius 3 is 2.38 bits per heavy atom. The first kappa shape index (κ1) is 10.2. The van der Waals surface area contributed by atoms with Gasteiger partial charge in [0.1, 0.15) is 0 Å². The maximum Gasteiger partial charge on any atom is 0.0791 e. The standard InChI is InChI=1S/C13H13N3/c14-12-8-4-5-9-13(12)16-15-10-11-6-2-1-3-7-11/h1-10,16H,14H2/b15-10-. The van der Waals surface area contributed by atoms with Gasteiger partial charge < -0.3 is 5.73 Å². The van der Waals surface area contributed by atoms with Gasteiger partial charge in [-0.15, -0.1) is 0 Å². The Morgan fingerprint density at radius 1 is 0.938 bits per heavy atom. The van der Waals surface area contributed by atoms with Crippen molar-refractivity contribution < 1.29 is 0 Å². The van der Waals surface area contributed by atoms with Crippen LogP contribution in [0, 0.1) is 0 Å². The molecule has 0 aliphatic carbocycles. The van der Waals surface area contributed by atoms with Crippen LogP contribution in [-0.4, -0.2) is 6.21 Å². The number of hydrazone groups is 1. The second kappa shape index (κ2) is 4.98. The minimum atomic E-state index is 0.688. The van der Waals surface area contributed by atoms with E-state index in [1.54, 1.807) is 6.21 Å². The van der Waals surface area contributed by atoms with Crippen LogP contribution in [0.15, 0.2) is 59.7 Å². The molecule has 0 aliphatic rings. The lowest BCUT2D eigenvalue weighted by atomic mass is 10.2. The maximum atomic E-state index is 5.76. The molecule has 0 saturated carbocycles. The highest BCUT2D eigenvalue weighted by Gasteiger charge is 1.93. The topological polar surface area (TPSA) is 50.4 Å². The van der Waals surface area contributed by atoms with E-state index >= 15 is 0 Å². The number of nitrogen functional groups attached to an aromatic ring is 1. The van der Waals surface area contributed by atoms with Crippen molar-refractivity contribution in [1.82, 2.24) is 0 Å². The van der Waals surface area contributed by atoms with E-state index in [0.29, 0.717) is 5.69 Å². The van der Waals surface area contributed by atoms with Crippen molar-refractivity contribution in [2.45, 2.75) is 0 Å². The van der Waals surface area contributed by atoms with Gasteiger partial charge in [-0.1, -0.05) is 42.5 Å². The van der Waals surface area contributed by atoms with E-state index in [2.05, 4.69) is 10.5 Å². The van der Waals surface area contributed by atoms with Crippen LogP contribution in [0.4, 0.5) is 11.4 Å². The minimum absolute atomic E-state index is 0.688. The average molecular weight is 211 g/mol. The van der Waals surface area contributed by atoms with E-state index in [-0.39, 0.29) is 0 Å². The molecule has 0 saturated heterocycles. The molecule has 0 unspecified atom stereocenters. The number of benzene rings is 2. The van der Waals surface area contributed by atoms with Gasteiger partial charge in [0.05, 0.1) is 17.6 Å². The molecule has 3 nitrogen and oxygen atoms in total. The Labute approximate surface area is 94.6 Å². The molecule has 0 amide bonds. The molecule has 0 bridgehead atoms. The molecular weight excluding hydrogens is 198 g/mol. The second-order valence-corrected chi connectivity index (χ2v) is 3.37. The van der Waals surface area contributed by atoms with Gasteiger partial charge in [-0.2, -0.15) is 5.10 Å². The number of hydrogen-bond donors (Lipinski definition) is 2. The highest BCUT2D eigenvalue weighted by atomic mass is 15.3. The second-order valence-electron chi connectivity index (χ2n) is 3.37. The maximum absolute atomic E-state index is 5.76. The largest absolute Gasteiger partial charge is 0.397 e. The fourth-order valence-corrected chi connectivity index (χ4v) is 1.31. The van der Waals surface area contributed by atoms with Gasteiger partial charge in [-0.05, 0) is 17.7 Å². The SMILES string of the molecule is Nc1ccccc1N/N=C\c1ccccc1. The third-order valence-electron chi connectivity index (χ3n) is 2.16. The first-order valence-electron chi connectivity index (χ1n) is 5.05. The highest BCUT2D eigenvalue weighted by molar-refractivity contribution is 5.80. The van der Waals surface area contributed by atoms with E-state index in [9.17, 15) is 0 Å². The summed E-state index contributed by atoms with van der Waals surface area (Å²) in [6.07, 6.45) is 1.76. The molecule has 0 radical (unpaired) electrons. The van der Waals surface area contributed by atoms with Crippen LogP contribution < -0.4 is 11.2 Å². The predicted molar refractivity (Wildman–Crippen MR) is 68.5 cm³/mol. The summed E-state index contributed by atoms with van der Waals surface area (Å²) >= 11 is 0. The Kier molecular flexibility index (Phi) is 3.18. The molecule has 2 aromatic carbocycles. The van der Waals surface area contributed by atoms with Crippen LogP contribution in [0.5, 0.6) is 0 Å². The molecule has 3 N–H and O–H groups in total. The summed E-state index contributed by atoms with van der Waals surface area (Å²) in [5.41, 5.74) is 11.2. The molecule has 0 heterocycles. The molecule has 0 atom stereocenters. The first-order valence-corrected chi connectivity index (χ1v) is 5.05. The van der Waals surface area contributed by atoms with Crippen molar-refractivity contribution in [2.75, 3.05) is 11.2 Å². The normalized spacial score (nSPS) is 10.5. The monoisotopic (exact) mass is 211 g/mol. The lowest BCUT2D eigenvalue weighted by molar-refractivity contribution is 1.35. The van der Waals surface area contributed by atoms with E-state index in [1.165, 1.54) is 0 Å². The number of hydrogen-bond acceptors (Lipinski definition) is 3. The molecule has 2 aromatic rings. The van der Waals surface area contributed by atoms with Crippen LogP contribution in [0.25, 0.3) is 0 Å². The van der Waals surface area contributed by atoms with Gasteiger partial charge in [-0.3, -0.25) is 5.43 Å². The zero-order chi connectivity index (χ0) is 11.2. The smallest absolute Gasteiger partial charge is 0.0791 e. The van der Waals surface area contributed by atoms with Crippen LogP contribution >= 0.6 is 0 Å². The Bertz CT molecular complexity index is 478. The van der Waals surface area contributed by atoms with E-state index < -0.39 is 0 Å². The average Bonchev–Trinajstić information content (AvgIpc) is 2.33. The molecule has 2 rings (SSSR count). The predicted octanol–water partition coefficient (Wildman–Crippen LogP) is 2.71. The Hall–Kier alpha value is -2.29. The lowest BCUT2D eigenvalue weighted by Gasteiger charge is -2.02. The summed E-state index contributed by atoms with van der Waals surface area (Å²) in [5.74, 6) is 0. The molecule has 3 heteroatoms. The third kappa shape index (κ3) is 2.60. The van der Waals surface area contributed by atoms with Gasteiger partial charge in [0.25, 0.3) is 0 Å². The number of nitrogens with two attached hydrogens (primary N) is 1. The Morgan fingerprint density at radius 2 is 1.62 bits per heavy atom. The molecule has 0 fully saturated rings. The molecule has 16 heavy (non-hydrogen) atoms. The fourth-order valence-electron chi connectivity index (χ4n) is 1.31. The van der Waals surface area contributed by atoms with Crippen molar-refractivity contribution in [2.24, 2.45) is 5.10 Å². The minimum Gasteiger partial charge on any atom is -0.397 e. The zero-order valence-electron chi connectivity index (χ0n) is 8.80. The van der Waals surface area contributed by atoms with Crippen molar-refractivity contribution in [3.05, 3.63) is 60.2 Å². The molecule has 0 aromatic heterocycles. The van der Waals surface area contributed by atoms with Crippen molar-refractivity contribution in [3.63, 3.8) is 0 Å². The zero-order valence-corrected chi connectivity index (χ0v) is 8.80. The number of para-hydroxylation sites is 2. The van der Waals surface area contributed by atoms with E-state index in [1.807, 2.05) is 54.6 Å². The summed E-state index contributed by atoms with van der Waals surface area (Å²) < 4.78 is 0. The van der Waals surface area contributed by atoms with Gasteiger partial charge >= 0.3 is 0 Å². The van der Waals surface area contributed by atoms with E-state index in [0.717, 1.165) is 11.3 Å². The number of anilines is 2. The van der Waals surface area contributed by atoms with Crippen molar-refractivity contribution in [1.29, 1.82) is 0 Å². The fraction of sp³-hybridized carbons (Fsp3) is 0. The van der Waals surface area contributed by atoms with Gasteiger partial charge in [0, 0.05) is 0 Å². The van der Waals surface area contributed by atoms with Gasteiger partial charge in [0.15, 0.2) is 0 Å². The lowest BCUT2D eigenvalue weighted by Crippen LogP contribution is -1.95. The summed E-state index contributed by atoms with van der Waals surface area (Å²) in [5, 5.41) is 4.12. The van der Waals surface area contributed by atoms with Crippen LogP contribution in [0.3, 0.4) is 0 Å². The van der Waals surface area contributed by atoms with Crippen molar-refractivity contribution >= 4 is 17.6 Å². The third-order valence-corrected chi connectivity index (χ3v) is 2.16. The molecular formula is C13H13N3. The molecule has 0 aliphatic heterocycles. The quantitative estimate of drug-likeness (QED) is 0.466. The summed E-state index contributed by atoms with van der Waals surface area (Å²) in [6, 6.07) is 17.4. The molecule has 80 valence electrons.